The van der Waals surface area contributed by atoms with E-state index in [4.69, 9.17) is 4.74 Å². The van der Waals surface area contributed by atoms with Gasteiger partial charge >= 0.3 is 5.97 Å². The Labute approximate surface area is 177 Å². The summed E-state index contributed by atoms with van der Waals surface area (Å²) >= 11 is 0. The minimum absolute atomic E-state index is 0.00953. The highest BCUT2D eigenvalue weighted by molar-refractivity contribution is 5.69. The number of carbonyl (C=O) groups excluding carboxylic acids is 1. The first-order valence-electron chi connectivity index (χ1n) is 12.5. The van der Waals surface area contributed by atoms with E-state index in [1.54, 1.807) is 0 Å². The van der Waals surface area contributed by atoms with Crippen LogP contribution < -0.4 is 0 Å². The van der Waals surface area contributed by atoms with Crippen molar-refractivity contribution in [3.8, 4) is 0 Å². The van der Waals surface area contributed by atoms with Crippen LogP contribution in [0.4, 0.5) is 0 Å². The van der Waals surface area contributed by atoms with Gasteiger partial charge in [-0.25, -0.2) is 0 Å². The molecule has 0 fully saturated rings. The van der Waals surface area contributed by atoms with E-state index in [1.807, 2.05) is 0 Å². The first-order valence-corrected chi connectivity index (χ1v) is 12.5. The summed E-state index contributed by atoms with van der Waals surface area (Å²) in [5.41, 5.74) is 0. The topological polar surface area (TPSA) is 29.5 Å². The van der Waals surface area contributed by atoms with Crippen molar-refractivity contribution in [2.45, 2.75) is 118 Å². The van der Waals surface area contributed by atoms with Crippen molar-refractivity contribution in [2.75, 3.05) is 26.2 Å². The Morgan fingerprint density at radius 2 is 1.29 bits per heavy atom. The van der Waals surface area contributed by atoms with Gasteiger partial charge in [0.2, 0.25) is 0 Å². The molecule has 0 spiro atoms. The first kappa shape index (κ1) is 27.4. The van der Waals surface area contributed by atoms with Crippen LogP contribution in [-0.2, 0) is 9.53 Å². The highest BCUT2D eigenvalue weighted by Gasteiger charge is 2.18. The van der Waals surface area contributed by atoms with Crippen molar-refractivity contribution in [1.29, 1.82) is 0 Å². The maximum Gasteiger partial charge on any atom is 0.307 e. The van der Waals surface area contributed by atoms with Crippen LogP contribution in [0.25, 0.3) is 0 Å². The zero-order valence-corrected chi connectivity index (χ0v) is 19.9. The van der Waals surface area contributed by atoms with Crippen molar-refractivity contribution in [1.82, 2.24) is 4.90 Å². The van der Waals surface area contributed by atoms with Gasteiger partial charge in [0.15, 0.2) is 0 Å². The van der Waals surface area contributed by atoms with Crippen LogP contribution in [0, 0.1) is 11.8 Å². The van der Waals surface area contributed by atoms with Crippen molar-refractivity contribution < 1.29 is 9.53 Å². The van der Waals surface area contributed by atoms with E-state index >= 15 is 0 Å². The van der Waals surface area contributed by atoms with Crippen LogP contribution in [-0.4, -0.2) is 37.1 Å². The second-order valence-electron chi connectivity index (χ2n) is 8.62. The Morgan fingerprint density at radius 1 is 0.750 bits per heavy atom. The zero-order chi connectivity index (χ0) is 21.0. The Bertz CT molecular complexity index is 327. The molecule has 0 radical (unpaired) electrons. The second-order valence-corrected chi connectivity index (χ2v) is 8.62. The molecule has 0 rings (SSSR count). The first-order chi connectivity index (χ1) is 13.6. The largest absolute Gasteiger partial charge is 0.466 e. The maximum absolute atomic E-state index is 12.2. The lowest BCUT2D eigenvalue weighted by Crippen LogP contribution is -2.36. The summed E-state index contributed by atoms with van der Waals surface area (Å²) in [6, 6.07) is 0. The summed E-state index contributed by atoms with van der Waals surface area (Å²) < 4.78 is 5.47. The van der Waals surface area contributed by atoms with Crippen LogP contribution >= 0.6 is 0 Å². The molecule has 168 valence electrons. The fourth-order valence-corrected chi connectivity index (χ4v) is 3.86. The number of carbonyl (C=O) groups is 1. The predicted octanol–water partition coefficient (Wildman–Crippen LogP) is 7.23. The second kappa shape index (κ2) is 19.7. The molecular formula is C25H51NO2. The summed E-state index contributed by atoms with van der Waals surface area (Å²) in [6.07, 6.45) is 15.5. The molecule has 0 aliphatic rings. The average Bonchev–Trinajstić information content (AvgIpc) is 2.71. The minimum Gasteiger partial charge on any atom is -0.466 e. The van der Waals surface area contributed by atoms with E-state index in [-0.39, 0.29) is 5.97 Å². The lowest BCUT2D eigenvalue weighted by atomic mass is 9.95. The third kappa shape index (κ3) is 15.4. The van der Waals surface area contributed by atoms with Gasteiger partial charge in [-0.1, -0.05) is 92.4 Å². The Kier molecular flexibility index (Phi) is 19.3. The van der Waals surface area contributed by atoms with Crippen LogP contribution in [0.15, 0.2) is 0 Å². The van der Waals surface area contributed by atoms with E-state index < -0.39 is 0 Å². The molecule has 0 bridgehead atoms. The molecule has 0 aromatic heterocycles. The summed E-state index contributed by atoms with van der Waals surface area (Å²) in [4.78, 5) is 14.8. The third-order valence-electron chi connectivity index (χ3n) is 6.01. The third-order valence-corrected chi connectivity index (χ3v) is 6.01. The molecule has 0 heterocycles. The lowest BCUT2D eigenvalue weighted by Gasteiger charge is -2.30. The standard InChI is InChI=1S/C25H51NO2/c1-6-11-14-15-20-28-25(27)18-19-26(21-23(9-4)16-12-7-2)22-24(10-5)17-13-8-3/h23-24H,6-22H2,1-5H3. The van der Waals surface area contributed by atoms with Crippen molar-refractivity contribution in [3.05, 3.63) is 0 Å². The van der Waals surface area contributed by atoms with Crippen LogP contribution in [0.2, 0.25) is 0 Å². The Balaban J connectivity index is 4.53. The molecular weight excluding hydrogens is 346 g/mol. The normalized spacial score (nSPS) is 13.6. The molecule has 0 aromatic rings. The number of hydrogen-bond donors (Lipinski definition) is 0. The van der Waals surface area contributed by atoms with Gasteiger partial charge in [0, 0.05) is 19.6 Å². The number of nitrogens with zero attached hydrogens (tertiary/aromatic N) is 1. The van der Waals surface area contributed by atoms with Gasteiger partial charge < -0.3 is 9.64 Å². The van der Waals surface area contributed by atoms with Crippen molar-refractivity contribution in [3.63, 3.8) is 0 Å². The molecule has 2 atom stereocenters. The highest BCUT2D eigenvalue weighted by atomic mass is 16.5. The number of unbranched alkanes of at least 4 members (excludes halogenated alkanes) is 5. The fraction of sp³-hybridized carbons (Fsp3) is 0.960. The predicted molar refractivity (Wildman–Crippen MR) is 123 cm³/mol. The Hall–Kier alpha value is -0.570. The number of rotatable bonds is 20. The quantitative estimate of drug-likeness (QED) is 0.160. The van der Waals surface area contributed by atoms with Gasteiger partial charge in [-0.3, -0.25) is 4.79 Å². The van der Waals surface area contributed by atoms with E-state index in [0.29, 0.717) is 13.0 Å². The van der Waals surface area contributed by atoms with E-state index in [2.05, 4.69) is 39.5 Å². The number of ether oxygens (including phenoxy) is 1. The molecule has 0 aliphatic carbocycles. The number of esters is 1. The van der Waals surface area contributed by atoms with Gasteiger partial charge in [-0.15, -0.1) is 0 Å². The highest BCUT2D eigenvalue weighted by Crippen LogP contribution is 2.19. The van der Waals surface area contributed by atoms with E-state index in [0.717, 1.165) is 37.9 Å². The van der Waals surface area contributed by atoms with Crippen molar-refractivity contribution in [2.24, 2.45) is 11.8 Å². The molecule has 0 aliphatic heterocycles. The summed E-state index contributed by atoms with van der Waals surface area (Å²) in [5, 5.41) is 0. The summed E-state index contributed by atoms with van der Waals surface area (Å²) in [7, 11) is 0. The van der Waals surface area contributed by atoms with E-state index in [1.165, 1.54) is 70.6 Å². The van der Waals surface area contributed by atoms with Crippen LogP contribution in [0.5, 0.6) is 0 Å². The smallest absolute Gasteiger partial charge is 0.307 e. The molecule has 0 amide bonds. The summed E-state index contributed by atoms with van der Waals surface area (Å²) in [6.45, 7) is 15.1. The minimum atomic E-state index is -0.00953. The monoisotopic (exact) mass is 397 g/mol. The van der Waals surface area contributed by atoms with E-state index in [9.17, 15) is 4.79 Å². The molecule has 3 nitrogen and oxygen atoms in total. The molecule has 0 N–H and O–H groups in total. The molecule has 28 heavy (non-hydrogen) atoms. The fourth-order valence-electron chi connectivity index (χ4n) is 3.86. The molecule has 0 aromatic carbocycles. The van der Waals surface area contributed by atoms with Gasteiger partial charge in [-0.05, 0) is 31.1 Å². The van der Waals surface area contributed by atoms with Gasteiger partial charge in [0.05, 0.1) is 13.0 Å². The van der Waals surface area contributed by atoms with Gasteiger partial charge in [0.25, 0.3) is 0 Å². The van der Waals surface area contributed by atoms with Gasteiger partial charge in [0.1, 0.15) is 0 Å². The zero-order valence-electron chi connectivity index (χ0n) is 19.9. The Morgan fingerprint density at radius 3 is 1.75 bits per heavy atom. The number of hydrogen-bond acceptors (Lipinski definition) is 3. The molecule has 0 saturated carbocycles. The lowest BCUT2D eigenvalue weighted by molar-refractivity contribution is -0.144. The van der Waals surface area contributed by atoms with Gasteiger partial charge in [-0.2, -0.15) is 0 Å². The summed E-state index contributed by atoms with van der Waals surface area (Å²) in [5.74, 6) is 1.51. The van der Waals surface area contributed by atoms with Crippen LogP contribution in [0.3, 0.4) is 0 Å². The molecule has 0 saturated heterocycles. The average molecular weight is 398 g/mol. The molecule has 3 heteroatoms. The van der Waals surface area contributed by atoms with Crippen LogP contribution in [0.1, 0.15) is 118 Å². The molecule has 2 unspecified atom stereocenters. The maximum atomic E-state index is 12.2. The van der Waals surface area contributed by atoms with Crippen molar-refractivity contribution >= 4 is 5.97 Å². The SMILES string of the molecule is CCCCCCOC(=O)CCN(CC(CC)CCCC)CC(CC)CCCC.